The van der Waals surface area contributed by atoms with Crippen molar-refractivity contribution in [2.75, 3.05) is 6.54 Å². The molecule has 4 nitrogen and oxygen atoms in total. The maximum Gasteiger partial charge on any atom is 0.118 e. The Morgan fingerprint density at radius 2 is 2.20 bits per heavy atom. The van der Waals surface area contributed by atoms with Gasteiger partial charge in [0, 0.05) is 24.4 Å². The lowest BCUT2D eigenvalue weighted by molar-refractivity contribution is 0.446. The molecule has 0 atom stereocenters. The lowest BCUT2D eigenvalue weighted by atomic mass is 10.2. The predicted molar refractivity (Wildman–Crippen MR) is 80.7 cm³/mol. The molecule has 2 heterocycles. The lowest BCUT2D eigenvalue weighted by Gasteiger charge is -2.05. The fraction of sp³-hybridized carbons (Fsp3) is 0.562. The Morgan fingerprint density at radius 3 is 2.90 bits per heavy atom. The summed E-state index contributed by atoms with van der Waals surface area (Å²) in [5.41, 5.74) is 1.24. The summed E-state index contributed by atoms with van der Waals surface area (Å²) >= 11 is 0. The van der Waals surface area contributed by atoms with Crippen LogP contribution >= 0.6 is 0 Å². The van der Waals surface area contributed by atoms with E-state index in [1.807, 2.05) is 19.3 Å². The van der Waals surface area contributed by atoms with Gasteiger partial charge >= 0.3 is 0 Å². The number of hydrogen-bond donors (Lipinski definition) is 1. The van der Waals surface area contributed by atoms with Crippen molar-refractivity contribution in [2.45, 2.75) is 47.2 Å². The van der Waals surface area contributed by atoms with Gasteiger partial charge in [-0.1, -0.05) is 20.8 Å². The van der Waals surface area contributed by atoms with Gasteiger partial charge in [0.05, 0.1) is 13.1 Å². The molecular weight excluding hydrogens is 250 g/mol. The average Bonchev–Trinajstić information content (AvgIpc) is 2.97. The van der Waals surface area contributed by atoms with E-state index in [9.17, 15) is 0 Å². The SMILES string of the molecule is CCc1nccn1Cc1cc(CNCC(C)C)oc1C. The molecule has 0 unspecified atom stereocenters. The Balaban J connectivity index is 2.00. The third-order valence-electron chi connectivity index (χ3n) is 3.38. The monoisotopic (exact) mass is 275 g/mol. The Morgan fingerprint density at radius 1 is 1.40 bits per heavy atom. The van der Waals surface area contributed by atoms with E-state index >= 15 is 0 Å². The van der Waals surface area contributed by atoms with Crippen molar-refractivity contribution in [1.82, 2.24) is 14.9 Å². The van der Waals surface area contributed by atoms with Crippen LogP contribution in [0.15, 0.2) is 22.9 Å². The standard InChI is InChI=1S/C16H25N3O/c1-5-16-18-6-7-19(16)11-14-8-15(20-13(14)4)10-17-9-12(2)3/h6-8,12,17H,5,9-11H2,1-4H3. The van der Waals surface area contributed by atoms with E-state index in [0.29, 0.717) is 5.92 Å². The van der Waals surface area contributed by atoms with Gasteiger partial charge in [-0.2, -0.15) is 0 Å². The van der Waals surface area contributed by atoms with Crippen molar-refractivity contribution in [3.63, 3.8) is 0 Å². The number of furan rings is 1. The summed E-state index contributed by atoms with van der Waals surface area (Å²) < 4.78 is 8.01. The number of nitrogens with zero attached hydrogens (tertiary/aromatic N) is 2. The summed E-state index contributed by atoms with van der Waals surface area (Å²) in [7, 11) is 0. The summed E-state index contributed by atoms with van der Waals surface area (Å²) in [6.45, 7) is 11.2. The molecule has 1 N–H and O–H groups in total. The van der Waals surface area contributed by atoms with Gasteiger partial charge in [-0.25, -0.2) is 4.98 Å². The molecule has 0 spiro atoms. The highest BCUT2D eigenvalue weighted by Crippen LogP contribution is 2.17. The predicted octanol–water partition coefficient (Wildman–Crippen LogP) is 3.14. The molecule has 0 saturated heterocycles. The molecule has 2 aromatic heterocycles. The van der Waals surface area contributed by atoms with Gasteiger partial charge in [-0.15, -0.1) is 0 Å². The summed E-state index contributed by atoms with van der Waals surface area (Å²) in [6, 6.07) is 2.15. The molecule has 20 heavy (non-hydrogen) atoms. The first-order valence-electron chi connectivity index (χ1n) is 7.39. The molecule has 0 aliphatic carbocycles. The van der Waals surface area contributed by atoms with Gasteiger partial charge in [0.25, 0.3) is 0 Å². The Kier molecular flexibility index (Phi) is 5.01. The van der Waals surface area contributed by atoms with Crippen LogP contribution in [0.4, 0.5) is 0 Å². The minimum Gasteiger partial charge on any atom is -0.465 e. The summed E-state index contributed by atoms with van der Waals surface area (Å²) in [6.07, 6.45) is 4.84. The minimum absolute atomic E-state index is 0.656. The fourth-order valence-electron chi connectivity index (χ4n) is 2.30. The molecule has 0 fully saturated rings. The van der Waals surface area contributed by atoms with E-state index in [4.69, 9.17) is 4.42 Å². The van der Waals surface area contributed by atoms with E-state index < -0.39 is 0 Å². The molecular formula is C16H25N3O. The van der Waals surface area contributed by atoms with Crippen LogP contribution in [0, 0.1) is 12.8 Å². The van der Waals surface area contributed by atoms with E-state index in [1.54, 1.807) is 0 Å². The first kappa shape index (κ1) is 14.9. The quantitative estimate of drug-likeness (QED) is 0.844. The third-order valence-corrected chi connectivity index (χ3v) is 3.38. The molecule has 2 rings (SSSR count). The second-order valence-electron chi connectivity index (χ2n) is 5.64. The van der Waals surface area contributed by atoms with Crippen LogP contribution in [0.2, 0.25) is 0 Å². The van der Waals surface area contributed by atoms with Crippen LogP contribution in [0.3, 0.4) is 0 Å². The molecule has 0 aliphatic heterocycles. The Bertz CT molecular complexity index is 540. The zero-order valence-corrected chi connectivity index (χ0v) is 12.9. The highest BCUT2D eigenvalue weighted by molar-refractivity contribution is 5.21. The second kappa shape index (κ2) is 6.75. The topological polar surface area (TPSA) is 43.0 Å². The largest absolute Gasteiger partial charge is 0.465 e. The molecule has 0 saturated carbocycles. The molecule has 2 aromatic rings. The molecule has 4 heteroatoms. The van der Waals surface area contributed by atoms with Crippen molar-refractivity contribution in [1.29, 1.82) is 0 Å². The van der Waals surface area contributed by atoms with Crippen molar-refractivity contribution in [3.8, 4) is 0 Å². The lowest BCUT2D eigenvalue weighted by Crippen LogP contribution is -2.18. The zero-order chi connectivity index (χ0) is 14.5. The van der Waals surface area contributed by atoms with Crippen molar-refractivity contribution in [2.24, 2.45) is 5.92 Å². The Labute approximate surface area is 121 Å². The van der Waals surface area contributed by atoms with Crippen molar-refractivity contribution < 1.29 is 4.42 Å². The van der Waals surface area contributed by atoms with Crippen LogP contribution in [-0.4, -0.2) is 16.1 Å². The average molecular weight is 275 g/mol. The van der Waals surface area contributed by atoms with Gasteiger partial charge in [-0.3, -0.25) is 0 Å². The third kappa shape index (κ3) is 3.73. The highest BCUT2D eigenvalue weighted by Gasteiger charge is 2.09. The van der Waals surface area contributed by atoms with Gasteiger partial charge in [0.15, 0.2) is 0 Å². The zero-order valence-electron chi connectivity index (χ0n) is 12.9. The summed E-state index contributed by atoms with van der Waals surface area (Å²) in [5.74, 6) is 3.78. The number of nitrogens with one attached hydrogen (secondary N) is 1. The number of aryl methyl sites for hydroxylation is 2. The fourth-order valence-corrected chi connectivity index (χ4v) is 2.30. The number of hydrogen-bond acceptors (Lipinski definition) is 3. The highest BCUT2D eigenvalue weighted by atomic mass is 16.3. The van der Waals surface area contributed by atoms with Gasteiger partial charge < -0.3 is 14.3 Å². The van der Waals surface area contributed by atoms with E-state index in [0.717, 1.165) is 43.4 Å². The first-order chi connectivity index (χ1) is 9.60. The normalized spacial score (nSPS) is 11.4. The number of rotatable bonds is 7. The second-order valence-corrected chi connectivity index (χ2v) is 5.64. The van der Waals surface area contributed by atoms with Gasteiger partial charge in [-0.05, 0) is 25.5 Å². The van der Waals surface area contributed by atoms with E-state index in [2.05, 4.69) is 41.7 Å². The van der Waals surface area contributed by atoms with Crippen molar-refractivity contribution >= 4 is 0 Å². The molecule has 0 aromatic carbocycles. The van der Waals surface area contributed by atoms with Crippen LogP contribution in [-0.2, 0) is 19.5 Å². The molecule has 0 amide bonds. The first-order valence-corrected chi connectivity index (χ1v) is 7.39. The van der Waals surface area contributed by atoms with E-state index in [-0.39, 0.29) is 0 Å². The van der Waals surface area contributed by atoms with Crippen LogP contribution in [0.1, 0.15) is 43.7 Å². The summed E-state index contributed by atoms with van der Waals surface area (Å²) in [5, 5.41) is 3.41. The summed E-state index contributed by atoms with van der Waals surface area (Å²) in [4.78, 5) is 4.36. The molecule has 0 aliphatic rings. The molecule has 0 bridgehead atoms. The maximum atomic E-state index is 5.82. The smallest absolute Gasteiger partial charge is 0.118 e. The van der Waals surface area contributed by atoms with Gasteiger partial charge in [0.2, 0.25) is 0 Å². The number of imidazole rings is 1. The Hall–Kier alpha value is -1.55. The maximum absolute atomic E-state index is 5.82. The van der Waals surface area contributed by atoms with Crippen molar-refractivity contribution in [3.05, 3.63) is 41.4 Å². The molecule has 0 radical (unpaired) electrons. The van der Waals surface area contributed by atoms with E-state index in [1.165, 1.54) is 5.56 Å². The van der Waals surface area contributed by atoms with Crippen LogP contribution < -0.4 is 5.32 Å². The van der Waals surface area contributed by atoms with Gasteiger partial charge in [0.1, 0.15) is 17.3 Å². The van der Waals surface area contributed by atoms with Crippen LogP contribution in [0.5, 0.6) is 0 Å². The molecule has 110 valence electrons. The number of aromatic nitrogens is 2. The van der Waals surface area contributed by atoms with Crippen LogP contribution in [0.25, 0.3) is 0 Å². The minimum atomic E-state index is 0.656.